The summed E-state index contributed by atoms with van der Waals surface area (Å²) in [6.07, 6.45) is 3.16. The summed E-state index contributed by atoms with van der Waals surface area (Å²) in [5, 5.41) is 9.45. The maximum atomic E-state index is 13.9. The number of fused-ring (bicyclic) bond motifs is 1. The summed E-state index contributed by atoms with van der Waals surface area (Å²) in [6.45, 7) is 0. The number of hydrogen-bond acceptors (Lipinski definition) is 4. The molecule has 0 bridgehead atoms. The number of rotatable bonds is 3. The SMILES string of the molecule is CN(C(=O)c1c(-c2ccc(O)c(F)c2)nc2ncccn12)c1ccc(F)cc1. The van der Waals surface area contributed by atoms with Gasteiger partial charge in [0.2, 0.25) is 5.78 Å². The number of anilines is 1. The van der Waals surface area contributed by atoms with Crippen LogP contribution in [0.3, 0.4) is 0 Å². The fraction of sp³-hybridized carbons (Fsp3) is 0.0500. The van der Waals surface area contributed by atoms with Gasteiger partial charge in [-0.25, -0.2) is 18.7 Å². The molecule has 0 aliphatic carbocycles. The Morgan fingerprint density at radius 3 is 2.61 bits per heavy atom. The maximum Gasteiger partial charge on any atom is 0.277 e. The molecule has 4 aromatic rings. The van der Waals surface area contributed by atoms with Crippen LogP contribution in [0, 0.1) is 11.6 Å². The van der Waals surface area contributed by atoms with Gasteiger partial charge in [0.25, 0.3) is 5.91 Å². The Morgan fingerprint density at radius 2 is 1.89 bits per heavy atom. The van der Waals surface area contributed by atoms with Crippen LogP contribution in [-0.4, -0.2) is 32.4 Å². The van der Waals surface area contributed by atoms with Crippen molar-refractivity contribution < 1.29 is 18.7 Å². The van der Waals surface area contributed by atoms with Gasteiger partial charge in [0.05, 0.1) is 0 Å². The standard InChI is InChI=1S/C20H14F2N4O2/c1-25(14-6-4-13(21)5-7-14)19(28)18-17(12-3-8-16(27)15(22)11-12)24-20-23-9-2-10-26(18)20/h2-11,27H,1H3. The van der Waals surface area contributed by atoms with Crippen LogP contribution in [0.25, 0.3) is 17.0 Å². The van der Waals surface area contributed by atoms with Crippen molar-refractivity contribution in [2.24, 2.45) is 0 Å². The summed E-state index contributed by atoms with van der Waals surface area (Å²) in [5.74, 6) is -1.91. The molecular weight excluding hydrogens is 366 g/mol. The fourth-order valence-electron chi connectivity index (χ4n) is 2.89. The Hall–Kier alpha value is -3.81. The third-order valence-electron chi connectivity index (χ3n) is 4.35. The Morgan fingerprint density at radius 1 is 1.14 bits per heavy atom. The summed E-state index contributed by atoms with van der Waals surface area (Å²) in [4.78, 5) is 23.1. The van der Waals surface area contributed by atoms with Crippen molar-refractivity contribution in [3.05, 3.63) is 78.3 Å². The Kier molecular flexibility index (Phi) is 4.23. The molecule has 0 radical (unpaired) electrons. The first-order valence-corrected chi connectivity index (χ1v) is 8.31. The number of aromatic nitrogens is 3. The summed E-state index contributed by atoms with van der Waals surface area (Å²) in [7, 11) is 1.55. The number of carbonyl (C=O) groups excluding carboxylic acids is 1. The van der Waals surface area contributed by atoms with Crippen LogP contribution in [0.5, 0.6) is 5.75 Å². The van der Waals surface area contributed by atoms with Crippen molar-refractivity contribution in [2.45, 2.75) is 0 Å². The monoisotopic (exact) mass is 380 g/mol. The van der Waals surface area contributed by atoms with Crippen molar-refractivity contribution in [3.63, 3.8) is 0 Å². The molecule has 140 valence electrons. The van der Waals surface area contributed by atoms with E-state index in [1.165, 1.54) is 51.9 Å². The lowest BCUT2D eigenvalue weighted by molar-refractivity contribution is 0.0988. The third-order valence-corrected chi connectivity index (χ3v) is 4.35. The molecule has 0 aliphatic rings. The second-order valence-corrected chi connectivity index (χ2v) is 6.11. The predicted molar refractivity (Wildman–Crippen MR) is 99.2 cm³/mol. The number of hydrogen-bond donors (Lipinski definition) is 1. The summed E-state index contributed by atoms with van der Waals surface area (Å²) < 4.78 is 28.6. The minimum absolute atomic E-state index is 0.167. The zero-order chi connectivity index (χ0) is 19.8. The lowest BCUT2D eigenvalue weighted by Crippen LogP contribution is -2.28. The fourth-order valence-corrected chi connectivity index (χ4v) is 2.89. The lowest BCUT2D eigenvalue weighted by Gasteiger charge is -2.18. The average Bonchev–Trinajstić information content (AvgIpc) is 3.09. The maximum absolute atomic E-state index is 13.9. The largest absolute Gasteiger partial charge is 0.505 e. The molecule has 2 aromatic heterocycles. The van der Waals surface area contributed by atoms with Crippen LogP contribution in [0.2, 0.25) is 0 Å². The van der Waals surface area contributed by atoms with E-state index in [4.69, 9.17) is 0 Å². The highest BCUT2D eigenvalue weighted by atomic mass is 19.1. The van der Waals surface area contributed by atoms with E-state index in [2.05, 4.69) is 9.97 Å². The average molecular weight is 380 g/mol. The van der Waals surface area contributed by atoms with Crippen molar-refractivity contribution in [2.75, 3.05) is 11.9 Å². The highest BCUT2D eigenvalue weighted by molar-refractivity contribution is 6.08. The van der Waals surface area contributed by atoms with Crippen molar-refractivity contribution >= 4 is 17.4 Å². The Labute approximate surface area is 158 Å². The van der Waals surface area contributed by atoms with Gasteiger partial charge in [-0.15, -0.1) is 0 Å². The molecule has 1 N–H and O–H groups in total. The minimum atomic E-state index is -0.826. The number of imidazole rings is 1. The highest BCUT2D eigenvalue weighted by Gasteiger charge is 2.25. The minimum Gasteiger partial charge on any atom is -0.505 e. The number of nitrogens with zero attached hydrogens (tertiary/aromatic N) is 4. The zero-order valence-electron chi connectivity index (χ0n) is 14.7. The molecule has 0 aliphatic heterocycles. The van der Waals surface area contributed by atoms with E-state index in [0.29, 0.717) is 11.3 Å². The summed E-state index contributed by atoms with van der Waals surface area (Å²) in [5.41, 5.74) is 1.18. The van der Waals surface area contributed by atoms with Gasteiger partial charge in [-0.1, -0.05) is 0 Å². The van der Waals surface area contributed by atoms with Crippen LogP contribution in [-0.2, 0) is 0 Å². The number of carbonyl (C=O) groups is 1. The molecule has 4 rings (SSSR count). The summed E-state index contributed by atoms with van der Waals surface area (Å²) in [6, 6.07) is 10.9. The molecule has 0 fully saturated rings. The van der Waals surface area contributed by atoms with Crippen LogP contribution < -0.4 is 4.90 Å². The van der Waals surface area contributed by atoms with Gasteiger partial charge in [0.1, 0.15) is 17.2 Å². The molecule has 0 atom stereocenters. The number of amides is 1. The topological polar surface area (TPSA) is 70.7 Å². The first-order chi connectivity index (χ1) is 13.5. The van der Waals surface area contributed by atoms with Gasteiger partial charge in [0.15, 0.2) is 11.6 Å². The molecule has 8 heteroatoms. The molecule has 0 saturated heterocycles. The molecule has 1 amide bonds. The van der Waals surface area contributed by atoms with Crippen molar-refractivity contribution in [1.82, 2.24) is 14.4 Å². The smallest absolute Gasteiger partial charge is 0.277 e. The van der Waals surface area contributed by atoms with E-state index < -0.39 is 23.3 Å². The molecule has 2 aromatic carbocycles. The molecule has 0 saturated carbocycles. The third kappa shape index (κ3) is 2.94. The van der Waals surface area contributed by atoms with E-state index in [0.717, 1.165) is 6.07 Å². The van der Waals surface area contributed by atoms with E-state index in [1.807, 2.05) is 0 Å². The quantitative estimate of drug-likeness (QED) is 0.589. The lowest BCUT2D eigenvalue weighted by atomic mass is 10.1. The molecule has 0 unspecified atom stereocenters. The molecule has 2 heterocycles. The predicted octanol–water partition coefficient (Wildman–Crippen LogP) is 3.66. The van der Waals surface area contributed by atoms with Crippen LogP contribution in [0.1, 0.15) is 10.5 Å². The van der Waals surface area contributed by atoms with E-state index in [9.17, 15) is 18.7 Å². The van der Waals surface area contributed by atoms with E-state index >= 15 is 0 Å². The van der Waals surface area contributed by atoms with Crippen LogP contribution in [0.15, 0.2) is 60.9 Å². The van der Waals surface area contributed by atoms with Gasteiger partial charge in [0, 0.05) is 30.7 Å². The van der Waals surface area contributed by atoms with Gasteiger partial charge < -0.3 is 10.0 Å². The second kappa shape index (κ2) is 6.73. The van der Waals surface area contributed by atoms with Gasteiger partial charge in [-0.2, -0.15) is 0 Å². The first-order valence-electron chi connectivity index (χ1n) is 8.31. The molecule has 28 heavy (non-hydrogen) atoms. The number of aromatic hydroxyl groups is 1. The Bertz CT molecular complexity index is 1190. The van der Waals surface area contributed by atoms with E-state index in [-0.39, 0.29) is 17.2 Å². The van der Waals surface area contributed by atoms with Crippen LogP contribution in [0.4, 0.5) is 14.5 Å². The first kappa shape index (κ1) is 17.6. The normalized spacial score (nSPS) is 11.0. The second-order valence-electron chi connectivity index (χ2n) is 6.11. The zero-order valence-corrected chi connectivity index (χ0v) is 14.7. The van der Waals surface area contributed by atoms with Crippen LogP contribution >= 0.6 is 0 Å². The van der Waals surface area contributed by atoms with E-state index in [1.54, 1.807) is 19.3 Å². The number of benzene rings is 2. The van der Waals surface area contributed by atoms with Crippen molar-refractivity contribution in [3.8, 4) is 17.0 Å². The number of phenolic OH excluding ortho intramolecular Hbond substituents is 1. The van der Waals surface area contributed by atoms with Crippen molar-refractivity contribution in [1.29, 1.82) is 0 Å². The molecule has 6 nitrogen and oxygen atoms in total. The number of phenols is 1. The molecule has 0 spiro atoms. The number of halogens is 2. The summed E-state index contributed by atoms with van der Waals surface area (Å²) >= 11 is 0. The van der Waals surface area contributed by atoms with Gasteiger partial charge in [-0.05, 0) is 48.5 Å². The Balaban J connectivity index is 1.88. The van der Waals surface area contributed by atoms with Gasteiger partial charge in [-0.3, -0.25) is 9.20 Å². The van der Waals surface area contributed by atoms with Gasteiger partial charge >= 0.3 is 0 Å². The highest BCUT2D eigenvalue weighted by Crippen LogP contribution is 2.29. The molecular formula is C20H14F2N4O2.